The van der Waals surface area contributed by atoms with Crippen LogP contribution in [0.15, 0.2) is 36.4 Å². The van der Waals surface area contributed by atoms with Crippen LogP contribution in [0.1, 0.15) is 38.7 Å². The lowest BCUT2D eigenvalue weighted by Gasteiger charge is -2.12. The Hall–Kier alpha value is -1.83. The second-order valence-corrected chi connectivity index (χ2v) is 5.61. The number of carbonyl (C=O) groups is 1. The first-order valence-electron chi connectivity index (χ1n) is 7.75. The van der Waals surface area contributed by atoms with E-state index in [9.17, 15) is 4.79 Å². The van der Waals surface area contributed by atoms with Gasteiger partial charge in [-0.2, -0.15) is 0 Å². The Labute approximate surface area is 127 Å². The standard InChI is InChI=1S/C19H24O2/c1-4-14(5-2)11-17(20)12-16-8-6-7-15-9-10-18(21-3)13-19(15)16/h6-10,13-14H,4-5,11-12H2,1-3H3. The molecule has 2 aromatic carbocycles. The first kappa shape index (κ1) is 15.6. The lowest BCUT2D eigenvalue weighted by atomic mass is 9.93. The minimum Gasteiger partial charge on any atom is -0.497 e. The lowest BCUT2D eigenvalue weighted by molar-refractivity contribution is -0.119. The van der Waals surface area contributed by atoms with Crippen LogP contribution in [-0.2, 0) is 11.2 Å². The molecule has 0 fully saturated rings. The summed E-state index contributed by atoms with van der Waals surface area (Å²) in [5.74, 6) is 1.68. The van der Waals surface area contributed by atoms with E-state index in [0.29, 0.717) is 24.5 Å². The van der Waals surface area contributed by atoms with Gasteiger partial charge in [0.15, 0.2) is 0 Å². The van der Waals surface area contributed by atoms with E-state index in [-0.39, 0.29) is 0 Å². The van der Waals surface area contributed by atoms with Crippen LogP contribution < -0.4 is 4.74 Å². The third-order valence-electron chi connectivity index (χ3n) is 4.24. The van der Waals surface area contributed by atoms with Crippen LogP contribution in [-0.4, -0.2) is 12.9 Å². The van der Waals surface area contributed by atoms with E-state index in [1.165, 1.54) is 0 Å². The van der Waals surface area contributed by atoms with Gasteiger partial charge in [-0.1, -0.05) is 51.0 Å². The highest BCUT2D eigenvalue weighted by atomic mass is 16.5. The summed E-state index contributed by atoms with van der Waals surface area (Å²) in [7, 11) is 1.67. The molecule has 0 N–H and O–H groups in total. The summed E-state index contributed by atoms with van der Waals surface area (Å²) >= 11 is 0. The zero-order chi connectivity index (χ0) is 15.2. The Morgan fingerprint density at radius 2 is 1.90 bits per heavy atom. The number of benzene rings is 2. The van der Waals surface area contributed by atoms with Crippen LogP contribution >= 0.6 is 0 Å². The first-order chi connectivity index (χ1) is 10.2. The molecule has 112 valence electrons. The molecule has 0 aliphatic rings. The molecule has 0 atom stereocenters. The molecule has 0 saturated heterocycles. The molecule has 2 rings (SSSR count). The number of rotatable bonds is 7. The summed E-state index contributed by atoms with van der Waals surface area (Å²) in [6.45, 7) is 4.31. The minimum atomic E-state index is 0.332. The topological polar surface area (TPSA) is 26.3 Å². The molecule has 2 aromatic rings. The number of hydrogen-bond acceptors (Lipinski definition) is 2. The van der Waals surface area contributed by atoms with E-state index in [0.717, 1.165) is 34.9 Å². The second kappa shape index (κ2) is 7.26. The number of methoxy groups -OCH3 is 1. The monoisotopic (exact) mass is 284 g/mol. The normalized spacial score (nSPS) is 11.0. The zero-order valence-electron chi connectivity index (χ0n) is 13.2. The van der Waals surface area contributed by atoms with E-state index < -0.39 is 0 Å². The van der Waals surface area contributed by atoms with Crippen LogP contribution in [0.3, 0.4) is 0 Å². The van der Waals surface area contributed by atoms with Crippen LogP contribution in [0.2, 0.25) is 0 Å². The summed E-state index contributed by atoms with van der Waals surface area (Å²) < 4.78 is 5.30. The summed E-state index contributed by atoms with van der Waals surface area (Å²) in [4.78, 5) is 12.3. The van der Waals surface area contributed by atoms with Gasteiger partial charge in [-0.3, -0.25) is 4.79 Å². The minimum absolute atomic E-state index is 0.332. The maximum absolute atomic E-state index is 12.3. The Kier molecular flexibility index (Phi) is 5.38. The molecule has 0 aliphatic heterocycles. The number of fused-ring (bicyclic) bond motifs is 1. The van der Waals surface area contributed by atoms with Crippen LogP contribution in [0, 0.1) is 5.92 Å². The van der Waals surface area contributed by atoms with Crippen molar-refractivity contribution in [3.05, 3.63) is 42.0 Å². The first-order valence-corrected chi connectivity index (χ1v) is 7.75. The van der Waals surface area contributed by atoms with Crippen molar-refractivity contribution in [3.8, 4) is 5.75 Å². The van der Waals surface area contributed by atoms with E-state index >= 15 is 0 Å². The van der Waals surface area contributed by atoms with Crippen molar-refractivity contribution in [1.82, 2.24) is 0 Å². The molecule has 0 saturated carbocycles. The smallest absolute Gasteiger partial charge is 0.137 e. The van der Waals surface area contributed by atoms with E-state index in [1.54, 1.807) is 7.11 Å². The van der Waals surface area contributed by atoms with Crippen LogP contribution in [0.5, 0.6) is 5.75 Å². The maximum atomic E-state index is 12.3. The van der Waals surface area contributed by atoms with E-state index in [1.807, 2.05) is 30.3 Å². The molecule has 21 heavy (non-hydrogen) atoms. The van der Waals surface area contributed by atoms with Crippen molar-refractivity contribution in [2.75, 3.05) is 7.11 Å². The molecule has 0 amide bonds. The third kappa shape index (κ3) is 3.84. The predicted octanol–water partition coefficient (Wildman–Crippen LogP) is 4.79. The Morgan fingerprint density at radius 3 is 2.57 bits per heavy atom. The fraction of sp³-hybridized carbons (Fsp3) is 0.421. The van der Waals surface area contributed by atoms with Gasteiger partial charge in [-0.15, -0.1) is 0 Å². The molecule has 0 aromatic heterocycles. The Morgan fingerprint density at radius 1 is 1.14 bits per heavy atom. The summed E-state index contributed by atoms with van der Waals surface area (Å²) in [6.07, 6.45) is 3.35. The average Bonchev–Trinajstić information content (AvgIpc) is 2.52. The van der Waals surface area contributed by atoms with Crippen molar-refractivity contribution < 1.29 is 9.53 Å². The van der Waals surface area contributed by atoms with Gasteiger partial charge in [0.05, 0.1) is 7.11 Å². The molecule has 0 radical (unpaired) electrons. The van der Waals surface area contributed by atoms with Gasteiger partial charge in [0.25, 0.3) is 0 Å². The maximum Gasteiger partial charge on any atom is 0.137 e. The second-order valence-electron chi connectivity index (χ2n) is 5.61. The highest BCUT2D eigenvalue weighted by Crippen LogP contribution is 2.25. The van der Waals surface area contributed by atoms with Crippen molar-refractivity contribution in [3.63, 3.8) is 0 Å². The molecular weight excluding hydrogens is 260 g/mol. The Bertz CT molecular complexity index is 612. The van der Waals surface area contributed by atoms with Gasteiger partial charge in [0, 0.05) is 12.8 Å². The number of carbonyl (C=O) groups excluding carboxylic acids is 1. The molecule has 0 spiro atoms. The lowest BCUT2D eigenvalue weighted by Crippen LogP contribution is -2.09. The SMILES string of the molecule is CCC(CC)CC(=O)Cc1cccc2ccc(OC)cc12. The van der Waals surface area contributed by atoms with Crippen LogP contribution in [0.25, 0.3) is 10.8 Å². The quantitative estimate of drug-likeness (QED) is 0.731. The van der Waals surface area contributed by atoms with Crippen LogP contribution in [0.4, 0.5) is 0 Å². The highest BCUT2D eigenvalue weighted by Gasteiger charge is 2.12. The van der Waals surface area contributed by atoms with E-state index in [2.05, 4.69) is 19.9 Å². The van der Waals surface area contributed by atoms with E-state index in [4.69, 9.17) is 4.74 Å². The van der Waals surface area contributed by atoms with Crippen molar-refractivity contribution >= 4 is 16.6 Å². The third-order valence-corrected chi connectivity index (χ3v) is 4.24. The number of hydrogen-bond donors (Lipinski definition) is 0. The molecule has 0 bridgehead atoms. The van der Waals surface area contributed by atoms with Gasteiger partial charge in [0.1, 0.15) is 11.5 Å². The molecular formula is C19H24O2. The summed E-state index contributed by atoms with van der Waals surface area (Å²) in [6, 6.07) is 12.2. The average molecular weight is 284 g/mol. The zero-order valence-corrected chi connectivity index (χ0v) is 13.2. The van der Waals surface area contributed by atoms with Gasteiger partial charge < -0.3 is 4.74 Å². The molecule has 0 unspecified atom stereocenters. The van der Waals surface area contributed by atoms with Crippen molar-refractivity contribution in [2.24, 2.45) is 5.92 Å². The molecule has 0 aliphatic carbocycles. The molecule has 2 heteroatoms. The summed E-state index contributed by atoms with van der Waals surface area (Å²) in [5, 5.41) is 2.28. The Balaban J connectivity index is 2.23. The summed E-state index contributed by atoms with van der Waals surface area (Å²) in [5.41, 5.74) is 1.10. The van der Waals surface area contributed by atoms with Gasteiger partial charge in [0.2, 0.25) is 0 Å². The highest BCUT2D eigenvalue weighted by molar-refractivity contribution is 5.91. The van der Waals surface area contributed by atoms with Crippen molar-refractivity contribution in [1.29, 1.82) is 0 Å². The molecule has 0 heterocycles. The van der Waals surface area contributed by atoms with Gasteiger partial charge in [-0.25, -0.2) is 0 Å². The number of ketones is 1. The van der Waals surface area contributed by atoms with Gasteiger partial charge in [-0.05, 0) is 34.4 Å². The van der Waals surface area contributed by atoms with Crippen molar-refractivity contribution in [2.45, 2.75) is 39.5 Å². The van der Waals surface area contributed by atoms with Gasteiger partial charge >= 0.3 is 0 Å². The fourth-order valence-electron chi connectivity index (χ4n) is 2.78. The molecule has 2 nitrogen and oxygen atoms in total. The fourth-order valence-corrected chi connectivity index (χ4v) is 2.78. The number of Topliss-reactive ketones (excluding diaryl/α,β-unsaturated/α-hetero) is 1. The number of ether oxygens (including phenoxy) is 1. The predicted molar refractivity (Wildman–Crippen MR) is 87.9 cm³/mol. The largest absolute Gasteiger partial charge is 0.497 e.